The fourth-order valence-corrected chi connectivity index (χ4v) is 4.07. The molecule has 0 fully saturated rings. The molecule has 1 aliphatic rings. The number of carbonyl (C=O) groups is 2. The van der Waals surface area contributed by atoms with Crippen molar-refractivity contribution in [1.29, 1.82) is 0 Å². The molecule has 0 saturated heterocycles. The van der Waals surface area contributed by atoms with Crippen LogP contribution in [0.3, 0.4) is 0 Å². The highest BCUT2D eigenvalue weighted by Gasteiger charge is 2.23. The van der Waals surface area contributed by atoms with Gasteiger partial charge in [0.15, 0.2) is 6.61 Å². The minimum absolute atomic E-state index is 0.150. The van der Waals surface area contributed by atoms with Gasteiger partial charge in [-0.3, -0.25) is 9.59 Å². The number of hydrogen-bond acceptors (Lipinski definition) is 6. The van der Waals surface area contributed by atoms with E-state index in [9.17, 15) is 9.59 Å². The highest BCUT2D eigenvalue weighted by molar-refractivity contribution is 7.99. The second-order valence-corrected chi connectivity index (χ2v) is 7.93. The lowest BCUT2D eigenvalue weighted by molar-refractivity contribution is -0.145. The zero-order valence-corrected chi connectivity index (χ0v) is 17.3. The molecule has 0 bridgehead atoms. The van der Waals surface area contributed by atoms with E-state index in [1.165, 1.54) is 11.8 Å². The Kier molecular flexibility index (Phi) is 6.49. The van der Waals surface area contributed by atoms with Crippen LogP contribution in [0.25, 0.3) is 11.5 Å². The van der Waals surface area contributed by atoms with E-state index in [0.29, 0.717) is 18.2 Å². The van der Waals surface area contributed by atoms with Crippen molar-refractivity contribution in [3.05, 3.63) is 72.1 Å². The Labute approximate surface area is 179 Å². The van der Waals surface area contributed by atoms with Gasteiger partial charge in [-0.1, -0.05) is 36.4 Å². The molecule has 1 aliphatic heterocycles. The van der Waals surface area contributed by atoms with E-state index in [0.717, 1.165) is 35.3 Å². The number of aromatic nitrogens is 1. The third-order valence-electron chi connectivity index (χ3n) is 4.81. The van der Waals surface area contributed by atoms with Gasteiger partial charge in [-0.15, -0.1) is 11.8 Å². The Bertz CT molecular complexity index is 1020. The zero-order chi connectivity index (χ0) is 20.8. The summed E-state index contributed by atoms with van der Waals surface area (Å²) in [5.74, 6) is 0.632. The number of thioether (sulfide) groups is 1. The maximum absolute atomic E-state index is 12.5. The van der Waals surface area contributed by atoms with Gasteiger partial charge in [-0.05, 0) is 36.6 Å². The first-order chi connectivity index (χ1) is 14.7. The van der Waals surface area contributed by atoms with Crippen LogP contribution in [0.4, 0.5) is 5.69 Å². The first kappa shape index (κ1) is 20.2. The maximum Gasteiger partial charge on any atom is 0.316 e. The Balaban J connectivity index is 1.22. The molecule has 1 aromatic heterocycles. The summed E-state index contributed by atoms with van der Waals surface area (Å²) in [5, 5.41) is 0. The van der Waals surface area contributed by atoms with Crippen LogP contribution in [0.15, 0.2) is 65.3 Å². The topological polar surface area (TPSA) is 72.6 Å². The van der Waals surface area contributed by atoms with Crippen molar-refractivity contribution in [3.8, 4) is 11.5 Å². The van der Waals surface area contributed by atoms with Gasteiger partial charge in [-0.25, -0.2) is 4.98 Å². The molecule has 0 spiro atoms. The summed E-state index contributed by atoms with van der Waals surface area (Å²) in [4.78, 5) is 30.7. The molecule has 4 rings (SSSR count). The van der Waals surface area contributed by atoms with Crippen LogP contribution in [0.5, 0.6) is 0 Å². The molecule has 2 heterocycles. The van der Waals surface area contributed by atoms with Crippen molar-refractivity contribution in [2.45, 2.75) is 18.6 Å². The van der Waals surface area contributed by atoms with E-state index in [4.69, 9.17) is 9.15 Å². The molecule has 154 valence electrons. The summed E-state index contributed by atoms with van der Waals surface area (Å²) < 4.78 is 10.7. The minimum atomic E-state index is -0.412. The van der Waals surface area contributed by atoms with Gasteiger partial charge in [0, 0.05) is 23.5 Å². The molecule has 7 heteroatoms. The number of ether oxygens (including phenoxy) is 1. The summed E-state index contributed by atoms with van der Waals surface area (Å²) in [5.41, 5.74) is 3.74. The van der Waals surface area contributed by atoms with Crippen LogP contribution in [0, 0.1) is 0 Å². The molecule has 0 radical (unpaired) electrons. The largest absolute Gasteiger partial charge is 0.455 e. The number of rotatable bonds is 7. The molecule has 0 saturated carbocycles. The summed E-state index contributed by atoms with van der Waals surface area (Å²) in [6.45, 7) is 0.411. The highest BCUT2D eigenvalue weighted by atomic mass is 32.2. The van der Waals surface area contributed by atoms with E-state index in [1.54, 1.807) is 11.2 Å². The molecule has 0 unspecified atom stereocenters. The Morgan fingerprint density at radius 3 is 2.77 bits per heavy atom. The van der Waals surface area contributed by atoms with Crippen LogP contribution in [0.2, 0.25) is 0 Å². The van der Waals surface area contributed by atoms with Crippen molar-refractivity contribution < 1.29 is 18.7 Å². The number of esters is 1. The summed E-state index contributed by atoms with van der Waals surface area (Å²) in [6.07, 6.45) is 3.47. The second kappa shape index (κ2) is 9.63. The van der Waals surface area contributed by atoms with Crippen LogP contribution in [0.1, 0.15) is 17.7 Å². The Hall–Kier alpha value is -3.06. The number of fused-ring (bicyclic) bond motifs is 1. The van der Waals surface area contributed by atoms with E-state index in [2.05, 4.69) is 4.98 Å². The number of para-hydroxylation sites is 1. The summed E-state index contributed by atoms with van der Waals surface area (Å²) in [7, 11) is 0. The zero-order valence-electron chi connectivity index (χ0n) is 16.5. The first-order valence-electron chi connectivity index (χ1n) is 9.82. The van der Waals surface area contributed by atoms with Crippen molar-refractivity contribution >= 4 is 29.3 Å². The molecule has 0 N–H and O–H groups in total. The predicted molar refractivity (Wildman–Crippen MR) is 116 cm³/mol. The third kappa shape index (κ3) is 4.91. The average Bonchev–Trinajstić information content (AvgIpc) is 3.26. The van der Waals surface area contributed by atoms with Crippen LogP contribution < -0.4 is 4.90 Å². The normalized spacial score (nSPS) is 13.0. The van der Waals surface area contributed by atoms with Crippen molar-refractivity contribution in [1.82, 2.24) is 4.98 Å². The maximum atomic E-state index is 12.5. The van der Waals surface area contributed by atoms with Crippen molar-refractivity contribution in [3.63, 3.8) is 0 Å². The van der Waals surface area contributed by atoms with E-state index >= 15 is 0 Å². The number of nitrogens with zero attached hydrogens (tertiary/aromatic N) is 2. The smallest absolute Gasteiger partial charge is 0.316 e. The Morgan fingerprint density at radius 2 is 1.90 bits per heavy atom. The predicted octanol–water partition coefficient (Wildman–Crippen LogP) is 4.10. The molecule has 0 aliphatic carbocycles. The Morgan fingerprint density at radius 1 is 1.10 bits per heavy atom. The van der Waals surface area contributed by atoms with E-state index in [-0.39, 0.29) is 18.3 Å². The summed E-state index contributed by atoms with van der Waals surface area (Å²) in [6, 6.07) is 17.5. The second-order valence-electron chi connectivity index (χ2n) is 6.94. The molecule has 30 heavy (non-hydrogen) atoms. The van der Waals surface area contributed by atoms with Crippen LogP contribution in [-0.4, -0.2) is 35.8 Å². The van der Waals surface area contributed by atoms with Gasteiger partial charge in [0.1, 0.15) is 6.26 Å². The number of oxazole rings is 1. The number of benzene rings is 2. The fraction of sp³-hybridized carbons (Fsp3) is 0.261. The molecule has 2 aromatic carbocycles. The molecule has 1 amide bonds. The number of carbonyl (C=O) groups excluding carboxylic acids is 2. The van der Waals surface area contributed by atoms with Gasteiger partial charge in [0.2, 0.25) is 5.89 Å². The number of anilines is 1. The van der Waals surface area contributed by atoms with Gasteiger partial charge in [0.05, 0.1) is 11.4 Å². The SMILES string of the molecule is O=C(CSCc1coc(-c2ccccc2)n1)OCC(=O)N1CCCc2ccccc21. The minimum Gasteiger partial charge on any atom is -0.455 e. The molecular formula is C23H22N2O4S. The third-order valence-corrected chi connectivity index (χ3v) is 5.75. The monoisotopic (exact) mass is 422 g/mol. The summed E-state index contributed by atoms with van der Waals surface area (Å²) >= 11 is 1.38. The van der Waals surface area contributed by atoms with Crippen molar-refractivity contribution in [2.75, 3.05) is 23.8 Å². The molecule has 0 atom stereocenters. The van der Waals surface area contributed by atoms with Gasteiger partial charge >= 0.3 is 5.97 Å². The number of aryl methyl sites for hydroxylation is 1. The molecular weight excluding hydrogens is 400 g/mol. The van der Waals surface area contributed by atoms with Crippen LogP contribution in [-0.2, 0) is 26.5 Å². The van der Waals surface area contributed by atoms with Gasteiger partial charge < -0.3 is 14.1 Å². The standard InChI is InChI=1S/C23H22N2O4S/c26-21(25-12-6-10-17-7-4-5-11-20(17)25)14-28-22(27)16-30-15-19-13-29-23(24-19)18-8-2-1-3-9-18/h1-5,7-9,11,13H,6,10,12,14-16H2. The highest BCUT2D eigenvalue weighted by Crippen LogP contribution is 2.26. The molecule has 6 nitrogen and oxygen atoms in total. The lowest BCUT2D eigenvalue weighted by Gasteiger charge is -2.29. The number of amides is 1. The molecule has 3 aromatic rings. The lowest BCUT2D eigenvalue weighted by atomic mass is 10.0. The quantitative estimate of drug-likeness (QED) is 0.534. The average molecular weight is 423 g/mol. The number of hydrogen-bond donors (Lipinski definition) is 0. The van der Waals surface area contributed by atoms with E-state index in [1.807, 2.05) is 54.6 Å². The fourth-order valence-electron chi connectivity index (χ4n) is 3.38. The van der Waals surface area contributed by atoms with Gasteiger partial charge in [-0.2, -0.15) is 0 Å². The van der Waals surface area contributed by atoms with Crippen molar-refractivity contribution in [2.24, 2.45) is 0 Å². The first-order valence-corrected chi connectivity index (χ1v) is 11.0. The van der Waals surface area contributed by atoms with Gasteiger partial charge in [0.25, 0.3) is 5.91 Å². The van der Waals surface area contributed by atoms with E-state index < -0.39 is 5.97 Å². The lowest BCUT2D eigenvalue weighted by Crippen LogP contribution is -2.38. The van der Waals surface area contributed by atoms with Crippen LogP contribution >= 0.6 is 11.8 Å².